The first-order valence-corrected chi connectivity index (χ1v) is 10.2. The summed E-state index contributed by atoms with van der Waals surface area (Å²) >= 11 is 0. The minimum atomic E-state index is -0.259. The van der Waals surface area contributed by atoms with Crippen molar-refractivity contribution in [3.05, 3.63) is 72.2 Å². The quantitative estimate of drug-likeness (QED) is 0.552. The summed E-state index contributed by atoms with van der Waals surface area (Å²) in [6, 6.07) is 17.1. The molecule has 8 nitrogen and oxygen atoms in total. The van der Waals surface area contributed by atoms with E-state index in [0.717, 1.165) is 49.1 Å². The first-order valence-electron chi connectivity index (χ1n) is 10.2. The van der Waals surface area contributed by atoms with Gasteiger partial charge in [0.25, 0.3) is 5.91 Å². The van der Waals surface area contributed by atoms with Crippen molar-refractivity contribution < 1.29 is 9.53 Å². The van der Waals surface area contributed by atoms with Crippen molar-refractivity contribution in [2.24, 2.45) is 0 Å². The Morgan fingerprint density at radius 2 is 1.84 bits per heavy atom. The second-order valence-corrected chi connectivity index (χ2v) is 7.40. The molecule has 31 heavy (non-hydrogen) atoms. The second kappa shape index (κ2) is 8.16. The van der Waals surface area contributed by atoms with E-state index >= 15 is 0 Å². The molecule has 1 aliphatic heterocycles. The van der Waals surface area contributed by atoms with Crippen molar-refractivity contribution in [2.75, 3.05) is 36.5 Å². The molecule has 0 atom stereocenters. The summed E-state index contributed by atoms with van der Waals surface area (Å²) in [5.41, 5.74) is 5.09. The number of morpholine rings is 1. The highest BCUT2D eigenvalue weighted by molar-refractivity contribution is 6.03. The number of hydrogen-bond acceptors (Lipinski definition) is 6. The topological polar surface area (TPSA) is 84.7 Å². The lowest BCUT2D eigenvalue weighted by atomic mass is 10.2. The van der Waals surface area contributed by atoms with Crippen LogP contribution in [-0.2, 0) is 4.74 Å². The molecule has 0 bridgehead atoms. The van der Waals surface area contributed by atoms with Crippen molar-refractivity contribution >= 4 is 22.9 Å². The maximum absolute atomic E-state index is 12.8. The third kappa shape index (κ3) is 3.97. The van der Waals surface area contributed by atoms with Crippen LogP contribution in [-0.4, -0.2) is 51.8 Å². The van der Waals surface area contributed by atoms with Gasteiger partial charge >= 0.3 is 0 Å². The third-order valence-corrected chi connectivity index (χ3v) is 5.27. The Morgan fingerprint density at radius 1 is 1.03 bits per heavy atom. The minimum Gasteiger partial charge on any atom is -0.378 e. The molecule has 4 heterocycles. The minimum absolute atomic E-state index is 0.259. The van der Waals surface area contributed by atoms with Crippen LogP contribution in [0.3, 0.4) is 0 Å². The fourth-order valence-corrected chi connectivity index (χ4v) is 3.65. The number of amides is 1. The van der Waals surface area contributed by atoms with Crippen LogP contribution in [0.15, 0.2) is 60.8 Å². The van der Waals surface area contributed by atoms with Crippen LogP contribution in [0.25, 0.3) is 17.0 Å². The van der Waals surface area contributed by atoms with Crippen LogP contribution in [0.1, 0.15) is 16.2 Å². The highest BCUT2D eigenvalue weighted by atomic mass is 16.5. The van der Waals surface area contributed by atoms with Gasteiger partial charge < -0.3 is 15.0 Å². The zero-order valence-electron chi connectivity index (χ0n) is 17.2. The third-order valence-electron chi connectivity index (χ3n) is 5.27. The number of aromatic nitrogens is 4. The molecule has 0 aliphatic carbocycles. The van der Waals surface area contributed by atoms with Crippen molar-refractivity contribution in [2.45, 2.75) is 6.92 Å². The van der Waals surface area contributed by atoms with Crippen LogP contribution < -0.4 is 10.2 Å². The number of pyridine rings is 1. The average molecular weight is 414 g/mol. The van der Waals surface area contributed by atoms with E-state index in [-0.39, 0.29) is 5.91 Å². The molecule has 1 saturated heterocycles. The molecule has 0 saturated carbocycles. The molecule has 4 aromatic rings. The van der Waals surface area contributed by atoms with Crippen molar-refractivity contribution in [3.63, 3.8) is 0 Å². The monoisotopic (exact) mass is 414 g/mol. The molecule has 5 rings (SSSR count). The van der Waals surface area contributed by atoms with E-state index < -0.39 is 0 Å². The number of hydrogen-bond donors (Lipinski definition) is 1. The van der Waals surface area contributed by atoms with Gasteiger partial charge in [-0.05, 0) is 49.4 Å². The van der Waals surface area contributed by atoms with Crippen molar-refractivity contribution in [1.29, 1.82) is 0 Å². The van der Waals surface area contributed by atoms with Gasteiger partial charge in [0.05, 0.1) is 18.9 Å². The number of rotatable bonds is 4. The molecular formula is C23H22N6O2. The van der Waals surface area contributed by atoms with E-state index in [2.05, 4.69) is 25.3 Å². The number of nitrogens with zero attached hydrogens (tertiary/aromatic N) is 5. The molecule has 0 radical (unpaired) electrons. The van der Waals surface area contributed by atoms with Crippen LogP contribution in [0.5, 0.6) is 0 Å². The van der Waals surface area contributed by atoms with Gasteiger partial charge in [0.1, 0.15) is 11.4 Å². The largest absolute Gasteiger partial charge is 0.378 e. The van der Waals surface area contributed by atoms with Crippen molar-refractivity contribution in [1.82, 2.24) is 19.6 Å². The van der Waals surface area contributed by atoms with Gasteiger partial charge in [-0.3, -0.25) is 9.78 Å². The first-order chi connectivity index (χ1) is 15.2. The maximum atomic E-state index is 12.8. The zero-order chi connectivity index (χ0) is 21.2. The summed E-state index contributed by atoms with van der Waals surface area (Å²) in [6.07, 6.45) is 1.73. The Kier molecular flexibility index (Phi) is 5.05. The maximum Gasteiger partial charge on any atom is 0.274 e. The zero-order valence-corrected chi connectivity index (χ0v) is 17.2. The van der Waals surface area contributed by atoms with Gasteiger partial charge in [0, 0.05) is 42.4 Å². The first kappa shape index (κ1) is 19.2. The fraction of sp³-hybridized carbons (Fsp3) is 0.217. The summed E-state index contributed by atoms with van der Waals surface area (Å²) in [5.74, 6) is -0.259. The second-order valence-electron chi connectivity index (χ2n) is 7.40. The summed E-state index contributed by atoms with van der Waals surface area (Å²) < 4.78 is 7.12. The lowest BCUT2D eigenvalue weighted by molar-refractivity contribution is 0.102. The molecule has 0 spiro atoms. The van der Waals surface area contributed by atoms with Gasteiger partial charge in [-0.2, -0.15) is 5.10 Å². The van der Waals surface area contributed by atoms with E-state index in [9.17, 15) is 4.79 Å². The van der Waals surface area contributed by atoms with Gasteiger partial charge in [0.15, 0.2) is 5.65 Å². The summed E-state index contributed by atoms with van der Waals surface area (Å²) in [4.78, 5) is 23.9. The van der Waals surface area contributed by atoms with Gasteiger partial charge in [-0.25, -0.2) is 9.50 Å². The summed E-state index contributed by atoms with van der Waals surface area (Å²) in [6.45, 7) is 5.13. The van der Waals surface area contributed by atoms with Crippen LogP contribution in [0, 0.1) is 6.92 Å². The normalized spacial score (nSPS) is 14.0. The Morgan fingerprint density at radius 3 is 2.58 bits per heavy atom. The molecule has 1 aliphatic rings. The molecule has 8 heteroatoms. The van der Waals surface area contributed by atoms with E-state index in [1.54, 1.807) is 16.8 Å². The number of carbonyl (C=O) groups is 1. The van der Waals surface area contributed by atoms with Crippen LogP contribution >= 0.6 is 0 Å². The standard InChI is InChI=1S/C23H22N6O2/c1-16-14-21(26-22-15-20(27-29(16)22)19-4-2-3-9-24-19)23(30)25-17-5-7-18(8-6-17)28-10-12-31-13-11-28/h2-9,14-15H,10-13H2,1H3,(H,25,30). The number of aryl methyl sites for hydroxylation is 1. The number of carbonyl (C=O) groups excluding carboxylic acids is 1. The summed E-state index contributed by atoms with van der Waals surface area (Å²) in [7, 11) is 0. The van der Waals surface area contributed by atoms with Gasteiger partial charge in [-0.1, -0.05) is 6.07 Å². The number of anilines is 2. The number of ether oxygens (including phenoxy) is 1. The Hall–Kier alpha value is -3.78. The lowest BCUT2D eigenvalue weighted by Crippen LogP contribution is -2.36. The van der Waals surface area contributed by atoms with Gasteiger partial charge in [-0.15, -0.1) is 0 Å². The molecule has 156 valence electrons. The fourth-order valence-electron chi connectivity index (χ4n) is 3.65. The molecule has 1 aromatic carbocycles. The van der Waals surface area contributed by atoms with E-state index in [0.29, 0.717) is 17.0 Å². The molecule has 3 aromatic heterocycles. The van der Waals surface area contributed by atoms with E-state index in [4.69, 9.17) is 4.74 Å². The van der Waals surface area contributed by atoms with Crippen LogP contribution in [0.2, 0.25) is 0 Å². The summed E-state index contributed by atoms with van der Waals surface area (Å²) in [5, 5.41) is 7.50. The predicted molar refractivity (Wildman–Crippen MR) is 118 cm³/mol. The van der Waals surface area contributed by atoms with Gasteiger partial charge in [0.2, 0.25) is 0 Å². The molecule has 1 amide bonds. The predicted octanol–water partition coefficient (Wildman–Crippen LogP) is 3.19. The Balaban J connectivity index is 1.35. The molecule has 1 fully saturated rings. The smallest absolute Gasteiger partial charge is 0.274 e. The van der Waals surface area contributed by atoms with Crippen LogP contribution in [0.4, 0.5) is 11.4 Å². The highest BCUT2D eigenvalue weighted by Gasteiger charge is 2.15. The molecule has 0 unspecified atom stereocenters. The molecule has 1 N–H and O–H groups in total. The van der Waals surface area contributed by atoms with E-state index in [1.807, 2.05) is 55.5 Å². The van der Waals surface area contributed by atoms with Crippen molar-refractivity contribution in [3.8, 4) is 11.4 Å². The number of benzene rings is 1. The SMILES string of the molecule is Cc1cc(C(=O)Nc2ccc(N3CCOCC3)cc2)nc2cc(-c3ccccn3)nn12. The Labute approximate surface area is 179 Å². The number of nitrogens with one attached hydrogen (secondary N) is 1. The average Bonchev–Trinajstić information content (AvgIpc) is 3.26. The lowest BCUT2D eigenvalue weighted by Gasteiger charge is -2.28. The molecular weight excluding hydrogens is 392 g/mol. The van der Waals surface area contributed by atoms with E-state index in [1.165, 1.54) is 0 Å². The highest BCUT2D eigenvalue weighted by Crippen LogP contribution is 2.21. The number of fused-ring (bicyclic) bond motifs is 1. The Bertz CT molecular complexity index is 1210.